The van der Waals surface area contributed by atoms with Crippen molar-refractivity contribution in [1.29, 1.82) is 0 Å². The van der Waals surface area contributed by atoms with Crippen LogP contribution in [0.1, 0.15) is 6.92 Å². The third-order valence-corrected chi connectivity index (χ3v) is 1.90. The van der Waals surface area contributed by atoms with E-state index in [2.05, 4.69) is 10.2 Å². The molecular weight excluding hydrogens is 208 g/mol. The fourth-order valence-corrected chi connectivity index (χ4v) is 1.18. The summed E-state index contributed by atoms with van der Waals surface area (Å²) in [6.45, 7) is 1.56. The lowest BCUT2D eigenvalue weighted by molar-refractivity contribution is -0.118. The van der Waals surface area contributed by atoms with Crippen molar-refractivity contribution in [2.75, 3.05) is 6.61 Å². The zero-order valence-electron chi connectivity index (χ0n) is 8.71. The van der Waals surface area contributed by atoms with Gasteiger partial charge in [-0.15, -0.1) is 10.2 Å². The van der Waals surface area contributed by atoms with Gasteiger partial charge in [-0.1, -0.05) is 0 Å². The molecule has 0 amide bonds. The van der Waals surface area contributed by atoms with Gasteiger partial charge in [-0.3, -0.25) is 4.79 Å². The van der Waals surface area contributed by atoms with E-state index in [0.29, 0.717) is 11.6 Å². The summed E-state index contributed by atoms with van der Waals surface area (Å²) in [5, 5.41) is 7.37. The highest BCUT2D eigenvalue weighted by Crippen LogP contribution is 2.19. The average molecular weight is 218 g/mol. The van der Waals surface area contributed by atoms with Gasteiger partial charge in [-0.05, 0) is 31.2 Å². The fourth-order valence-electron chi connectivity index (χ4n) is 1.18. The standard InChI is InChI=1S/C11H10N2O3/c1-8(14)6-15-10-4-2-9(3-5-10)11-13-12-7-16-11/h2-5,7H,6H2,1H3. The van der Waals surface area contributed by atoms with E-state index < -0.39 is 0 Å². The molecule has 0 aliphatic rings. The monoisotopic (exact) mass is 218 g/mol. The minimum absolute atomic E-state index is 0.0130. The molecule has 0 bridgehead atoms. The Kier molecular flexibility index (Phi) is 2.95. The molecule has 5 heteroatoms. The molecule has 0 aliphatic heterocycles. The number of carbonyl (C=O) groups excluding carboxylic acids is 1. The molecule has 0 spiro atoms. The van der Waals surface area contributed by atoms with E-state index in [4.69, 9.17) is 9.15 Å². The number of hydrogen-bond donors (Lipinski definition) is 0. The lowest BCUT2D eigenvalue weighted by atomic mass is 10.2. The Hall–Kier alpha value is -2.17. The number of ether oxygens (including phenoxy) is 1. The molecule has 0 N–H and O–H groups in total. The second-order valence-corrected chi connectivity index (χ2v) is 3.26. The Labute approximate surface area is 92.1 Å². The molecule has 0 radical (unpaired) electrons. The van der Waals surface area contributed by atoms with Crippen LogP contribution in [-0.4, -0.2) is 22.6 Å². The Morgan fingerprint density at radius 2 is 2.12 bits per heavy atom. The first-order valence-corrected chi connectivity index (χ1v) is 4.74. The highest BCUT2D eigenvalue weighted by Gasteiger charge is 2.03. The second-order valence-electron chi connectivity index (χ2n) is 3.26. The number of aromatic nitrogens is 2. The zero-order chi connectivity index (χ0) is 11.4. The molecular formula is C11H10N2O3. The van der Waals surface area contributed by atoms with Crippen molar-refractivity contribution in [2.45, 2.75) is 6.92 Å². The predicted molar refractivity (Wildman–Crippen MR) is 55.9 cm³/mol. The van der Waals surface area contributed by atoms with Gasteiger partial charge < -0.3 is 9.15 Å². The van der Waals surface area contributed by atoms with Gasteiger partial charge in [0.25, 0.3) is 0 Å². The van der Waals surface area contributed by atoms with Gasteiger partial charge in [0.15, 0.2) is 5.78 Å². The summed E-state index contributed by atoms with van der Waals surface area (Å²) in [6, 6.07) is 7.09. The van der Waals surface area contributed by atoms with Crippen LogP contribution >= 0.6 is 0 Å². The van der Waals surface area contributed by atoms with Crippen LogP contribution in [0.5, 0.6) is 5.75 Å². The third kappa shape index (κ3) is 2.44. The number of ketones is 1. The average Bonchev–Trinajstić information content (AvgIpc) is 2.80. The number of carbonyl (C=O) groups is 1. The molecule has 0 aliphatic carbocycles. The molecule has 1 aromatic heterocycles. The maximum absolute atomic E-state index is 10.7. The Bertz CT molecular complexity index is 462. The molecule has 0 fully saturated rings. The smallest absolute Gasteiger partial charge is 0.247 e. The van der Waals surface area contributed by atoms with E-state index in [9.17, 15) is 4.79 Å². The van der Waals surface area contributed by atoms with E-state index in [1.54, 1.807) is 24.3 Å². The van der Waals surface area contributed by atoms with Crippen LogP contribution in [0.25, 0.3) is 11.5 Å². The number of rotatable bonds is 4. The summed E-state index contributed by atoms with van der Waals surface area (Å²) >= 11 is 0. The molecule has 0 saturated carbocycles. The summed E-state index contributed by atoms with van der Waals surface area (Å²) in [6.07, 6.45) is 1.27. The van der Waals surface area contributed by atoms with Gasteiger partial charge in [0.1, 0.15) is 12.4 Å². The second kappa shape index (κ2) is 4.57. The van der Waals surface area contributed by atoms with E-state index in [1.165, 1.54) is 13.3 Å². The molecule has 2 aromatic rings. The Balaban J connectivity index is 2.08. The number of hydrogen-bond acceptors (Lipinski definition) is 5. The first-order chi connectivity index (χ1) is 7.75. The SMILES string of the molecule is CC(=O)COc1ccc(-c2nnco2)cc1. The summed E-state index contributed by atoms with van der Waals surface area (Å²) in [4.78, 5) is 10.7. The molecule has 5 nitrogen and oxygen atoms in total. The molecule has 1 heterocycles. The number of benzene rings is 1. The lowest BCUT2D eigenvalue weighted by Crippen LogP contribution is -2.06. The van der Waals surface area contributed by atoms with Gasteiger partial charge in [0.2, 0.25) is 12.3 Å². The predicted octanol–water partition coefficient (Wildman–Crippen LogP) is 1.70. The van der Waals surface area contributed by atoms with Crippen LogP contribution < -0.4 is 4.74 Å². The largest absolute Gasteiger partial charge is 0.486 e. The summed E-state index contributed by atoms with van der Waals surface area (Å²) in [7, 11) is 0. The first kappa shape index (κ1) is 10.4. The fraction of sp³-hybridized carbons (Fsp3) is 0.182. The quantitative estimate of drug-likeness (QED) is 0.781. The van der Waals surface area contributed by atoms with Crippen molar-refractivity contribution in [1.82, 2.24) is 10.2 Å². The molecule has 82 valence electrons. The highest BCUT2D eigenvalue weighted by molar-refractivity contribution is 5.77. The molecule has 1 aromatic carbocycles. The number of Topliss-reactive ketones (excluding diaryl/α,β-unsaturated/α-hetero) is 1. The normalized spacial score (nSPS) is 10.1. The van der Waals surface area contributed by atoms with Crippen LogP contribution in [-0.2, 0) is 4.79 Å². The van der Waals surface area contributed by atoms with Crippen molar-refractivity contribution >= 4 is 5.78 Å². The van der Waals surface area contributed by atoms with Crippen molar-refractivity contribution in [3.8, 4) is 17.2 Å². The Morgan fingerprint density at radius 3 is 2.69 bits per heavy atom. The van der Waals surface area contributed by atoms with E-state index >= 15 is 0 Å². The maximum Gasteiger partial charge on any atom is 0.247 e. The summed E-state index contributed by atoms with van der Waals surface area (Å²) < 4.78 is 10.3. The molecule has 0 saturated heterocycles. The zero-order valence-corrected chi connectivity index (χ0v) is 8.71. The van der Waals surface area contributed by atoms with Gasteiger partial charge in [-0.25, -0.2) is 0 Å². The van der Waals surface area contributed by atoms with E-state index in [-0.39, 0.29) is 12.4 Å². The topological polar surface area (TPSA) is 65.2 Å². The van der Waals surface area contributed by atoms with Crippen molar-refractivity contribution < 1.29 is 13.9 Å². The maximum atomic E-state index is 10.7. The van der Waals surface area contributed by atoms with Gasteiger partial charge in [0.05, 0.1) is 0 Å². The lowest BCUT2D eigenvalue weighted by Gasteiger charge is -2.03. The Morgan fingerprint density at radius 1 is 1.38 bits per heavy atom. The number of nitrogens with zero attached hydrogens (tertiary/aromatic N) is 2. The van der Waals surface area contributed by atoms with E-state index in [1.807, 2.05) is 0 Å². The van der Waals surface area contributed by atoms with Crippen molar-refractivity contribution in [3.63, 3.8) is 0 Å². The molecule has 0 atom stereocenters. The minimum Gasteiger partial charge on any atom is -0.486 e. The van der Waals surface area contributed by atoms with Crippen molar-refractivity contribution in [2.24, 2.45) is 0 Å². The first-order valence-electron chi connectivity index (χ1n) is 4.74. The van der Waals surface area contributed by atoms with Gasteiger partial charge in [-0.2, -0.15) is 0 Å². The van der Waals surface area contributed by atoms with Crippen LogP contribution in [0.3, 0.4) is 0 Å². The molecule has 2 rings (SSSR count). The summed E-state index contributed by atoms with van der Waals surface area (Å²) in [5.74, 6) is 1.08. The van der Waals surface area contributed by atoms with Crippen LogP contribution in [0.15, 0.2) is 35.1 Å². The molecule has 16 heavy (non-hydrogen) atoms. The van der Waals surface area contributed by atoms with Crippen LogP contribution in [0, 0.1) is 0 Å². The molecule has 0 unspecified atom stereocenters. The van der Waals surface area contributed by atoms with Crippen molar-refractivity contribution in [3.05, 3.63) is 30.7 Å². The van der Waals surface area contributed by atoms with E-state index in [0.717, 1.165) is 5.56 Å². The highest BCUT2D eigenvalue weighted by atomic mass is 16.5. The summed E-state index contributed by atoms with van der Waals surface area (Å²) in [5.41, 5.74) is 0.813. The van der Waals surface area contributed by atoms with Gasteiger partial charge in [0, 0.05) is 5.56 Å². The van der Waals surface area contributed by atoms with Crippen LogP contribution in [0.4, 0.5) is 0 Å². The van der Waals surface area contributed by atoms with Crippen LogP contribution in [0.2, 0.25) is 0 Å². The third-order valence-electron chi connectivity index (χ3n) is 1.90. The minimum atomic E-state index is -0.0130. The van der Waals surface area contributed by atoms with Gasteiger partial charge >= 0.3 is 0 Å².